The minimum absolute atomic E-state index is 0.244. The predicted molar refractivity (Wildman–Crippen MR) is 62.7 cm³/mol. The van der Waals surface area contributed by atoms with Crippen molar-refractivity contribution >= 4 is 17.9 Å². The lowest BCUT2D eigenvalue weighted by Crippen LogP contribution is -2.48. The summed E-state index contributed by atoms with van der Waals surface area (Å²) in [6.07, 6.45) is 4.27. The Morgan fingerprint density at radius 1 is 1.33 bits per heavy atom. The summed E-state index contributed by atoms with van der Waals surface area (Å²) in [5, 5.41) is 2.75. The number of carbonyl (C=O) groups excluding carboxylic acids is 3. The summed E-state index contributed by atoms with van der Waals surface area (Å²) in [6.45, 7) is 1.64. The van der Waals surface area contributed by atoms with Crippen LogP contribution in [0.5, 0.6) is 0 Å². The lowest BCUT2D eigenvalue weighted by atomic mass is 9.82. The van der Waals surface area contributed by atoms with Crippen molar-refractivity contribution in [1.29, 1.82) is 0 Å². The second-order valence-electron chi connectivity index (χ2n) is 4.77. The largest absolute Gasteiger partial charge is 0.465 e. The highest BCUT2D eigenvalue weighted by atomic mass is 16.5. The third kappa shape index (κ3) is 2.19. The van der Waals surface area contributed by atoms with Gasteiger partial charge in [-0.15, -0.1) is 0 Å². The highest BCUT2D eigenvalue weighted by molar-refractivity contribution is 6.08. The van der Waals surface area contributed by atoms with Gasteiger partial charge in [0.25, 0.3) is 5.91 Å². The fraction of sp³-hybridized carbons (Fsp3) is 0.750. The molecular weight excluding hydrogens is 236 g/mol. The van der Waals surface area contributed by atoms with E-state index in [-0.39, 0.29) is 19.1 Å². The average Bonchev–Trinajstić information content (AvgIpc) is 2.55. The molecule has 0 aromatic heterocycles. The number of hydrogen-bond acceptors (Lipinski definition) is 4. The van der Waals surface area contributed by atoms with E-state index in [1.807, 2.05) is 0 Å². The molecule has 0 unspecified atom stereocenters. The second kappa shape index (κ2) is 4.96. The number of amides is 3. The summed E-state index contributed by atoms with van der Waals surface area (Å²) < 4.78 is 4.76. The lowest BCUT2D eigenvalue weighted by molar-refractivity contribution is -0.147. The lowest BCUT2D eigenvalue weighted by Gasteiger charge is -2.30. The highest BCUT2D eigenvalue weighted by Gasteiger charge is 2.51. The normalized spacial score (nSPS) is 22.2. The topological polar surface area (TPSA) is 75.7 Å². The van der Waals surface area contributed by atoms with Gasteiger partial charge in [0.05, 0.1) is 6.61 Å². The van der Waals surface area contributed by atoms with Crippen molar-refractivity contribution in [1.82, 2.24) is 10.2 Å². The zero-order valence-corrected chi connectivity index (χ0v) is 10.5. The van der Waals surface area contributed by atoms with Crippen molar-refractivity contribution in [3.05, 3.63) is 0 Å². The van der Waals surface area contributed by atoms with Gasteiger partial charge in [-0.25, -0.2) is 4.79 Å². The molecule has 1 spiro atoms. The van der Waals surface area contributed by atoms with E-state index in [1.54, 1.807) is 6.92 Å². The molecule has 6 nitrogen and oxygen atoms in total. The molecule has 1 aliphatic heterocycles. The summed E-state index contributed by atoms with van der Waals surface area (Å²) in [6, 6.07) is -0.477. The molecule has 18 heavy (non-hydrogen) atoms. The van der Waals surface area contributed by atoms with E-state index in [4.69, 9.17) is 4.74 Å². The summed E-state index contributed by atoms with van der Waals surface area (Å²) in [7, 11) is 0. The van der Waals surface area contributed by atoms with Crippen LogP contribution in [0.15, 0.2) is 0 Å². The molecule has 6 heteroatoms. The van der Waals surface area contributed by atoms with Gasteiger partial charge in [-0.1, -0.05) is 19.3 Å². The number of urea groups is 1. The monoisotopic (exact) mass is 254 g/mol. The fourth-order valence-electron chi connectivity index (χ4n) is 2.65. The van der Waals surface area contributed by atoms with Crippen molar-refractivity contribution in [2.45, 2.75) is 44.6 Å². The van der Waals surface area contributed by atoms with Crippen LogP contribution in [0.2, 0.25) is 0 Å². The quantitative estimate of drug-likeness (QED) is 0.597. The van der Waals surface area contributed by atoms with Gasteiger partial charge in [0.1, 0.15) is 12.1 Å². The van der Waals surface area contributed by atoms with Gasteiger partial charge in [0, 0.05) is 0 Å². The van der Waals surface area contributed by atoms with Crippen LogP contribution in [-0.2, 0) is 14.3 Å². The zero-order chi connectivity index (χ0) is 13.2. The van der Waals surface area contributed by atoms with E-state index < -0.39 is 17.5 Å². The molecule has 1 saturated heterocycles. The van der Waals surface area contributed by atoms with Crippen molar-refractivity contribution in [2.24, 2.45) is 0 Å². The molecule has 1 aliphatic carbocycles. The van der Waals surface area contributed by atoms with Crippen molar-refractivity contribution in [3.63, 3.8) is 0 Å². The zero-order valence-electron chi connectivity index (χ0n) is 10.5. The maximum Gasteiger partial charge on any atom is 0.326 e. The Hall–Kier alpha value is -1.59. The Kier molecular flexibility index (Phi) is 3.54. The van der Waals surface area contributed by atoms with Gasteiger partial charge in [-0.3, -0.25) is 14.5 Å². The van der Waals surface area contributed by atoms with Gasteiger partial charge in [0.15, 0.2) is 0 Å². The number of rotatable bonds is 3. The van der Waals surface area contributed by atoms with E-state index in [0.29, 0.717) is 12.8 Å². The minimum Gasteiger partial charge on any atom is -0.465 e. The standard InChI is InChI=1S/C12H18N2O4/c1-2-18-9(15)8-14-10(16)12(13-11(14)17)6-4-3-5-7-12/h2-8H2,1H3,(H,13,17). The van der Waals surface area contributed by atoms with Crippen molar-refractivity contribution in [2.75, 3.05) is 13.2 Å². The number of nitrogens with zero attached hydrogens (tertiary/aromatic N) is 1. The van der Waals surface area contributed by atoms with Crippen molar-refractivity contribution < 1.29 is 19.1 Å². The van der Waals surface area contributed by atoms with Crippen LogP contribution in [0.3, 0.4) is 0 Å². The number of ether oxygens (including phenoxy) is 1. The number of imide groups is 1. The van der Waals surface area contributed by atoms with E-state index in [1.165, 1.54) is 0 Å². The second-order valence-corrected chi connectivity index (χ2v) is 4.77. The maximum absolute atomic E-state index is 12.3. The van der Waals surface area contributed by atoms with Gasteiger partial charge in [-0.05, 0) is 19.8 Å². The van der Waals surface area contributed by atoms with Gasteiger partial charge >= 0.3 is 12.0 Å². The molecule has 2 fully saturated rings. The van der Waals surface area contributed by atoms with Gasteiger partial charge in [-0.2, -0.15) is 0 Å². The van der Waals surface area contributed by atoms with Crippen LogP contribution in [-0.4, -0.2) is 41.5 Å². The molecule has 1 N–H and O–H groups in total. The Labute approximate surface area is 106 Å². The molecule has 1 heterocycles. The maximum atomic E-state index is 12.3. The number of esters is 1. The molecule has 100 valence electrons. The van der Waals surface area contributed by atoms with Gasteiger partial charge in [0.2, 0.25) is 0 Å². The number of nitrogens with one attached hydrogen (secondary N) is 1. The van der Waals surface area contributed by atoms with Crippen molar-refractivity contribution in [3.8, 4) is 0 Å². The fourth-order valence-corrected chi connectivity index (χ4v) is 2.65. The average molecular weight is 254 g/mol. The first-order valence-electron chi connectivity index (χ1n) is 6.39. The Morgan fingerprint density at radius 3 is 2.61 bits per heavy atom. The first kappa shape index (κ1) is 12.9. The van der Waals surface area contributed by atoms with Crippen LogP contribution >= 0.6 is 0 Å². The van der Waals surface area contributed by atoms with Gasteiger partial charge < -0.3 is 10.1 Å². The van der Waals surface area contributed by atoms with Crippen LogP contribution in [0.4, 0.5) is 4.79 Å². The molecule has 0 radical (unpaired) electrons. The summed E-state index contributed by atoms with van der Waals surface area (Å²) in [5.41, 5.74) is -0.762. The predicted octanol–water partition coefficient (Wildman–Crippen LogP) is 0.804. The smallest absolute Gasteiger partial charge is 0.326 e. The van der Waals surface area contributed by atoms with E-state index in [2.05, 4.69) is 5.32 Å². The minimum atomic E-state index is -0.762. The van der Waals surface area contributed by atoms with Crippen LogP contribution in [0.25, 0.3) is 0 Å². The highest BCUT2D eigenvalue weighted by Crippen LogP contribution is 2.33. The van der Waals surface area contributed by atoms with E-state index >= 15 is 0 Å². The van der Waals surface area contributed by atoms with Crippen LogP contribution in [0.1, 0.15) is 39.0 Å². The molecule has 0 bridgehead atoms. The molecule has 1 saturated carbocycles. The first-order chi connectivity index (χ1) is 8.59. The summed E-state index contributed by atoms with van der Waals surface area (Å²) >= 11 is 0. The Balaban J connectivity index is 2.07. The number of carbonyl (C=O) groups is 3. The summed E-state index contributed by atoms with van der Waals surface area (Å²) in [5.74, 6) is -0.825. The molecule has 2 aliphatic rings. The molecular formula is C12H18N2O4. The molecule has 0 atom stereocenters. The Bertz CT molecular complexity index is 374. The molecule has 0 aromatic rings. The molecule has 2 rings (SSSR count). The number of hydrogen-bond donors (Lipinski definition) is 1. The Morgan fingerprint density at radius 2 is 2.00 bits per heavy atom. The third-order valence-corrected chi connectivity index (χ3v) is 3.55. The molecule has 0 aromatic carbocycles. The first-order valence-corrected chi connectivity index (χ1v) is 6.39. The van der Waals surface area contributed by atoms with Crippen LogP contribution in [0, 0.1) is 0 Å². The van der Waals surface area contributed by atoms with E-state index in [9.17, 15) is 14.4 Å². The van der Waals surface area contributed by atoms with E-state index in [0.717, 1.165) is 24.2 Å². The summed E-state index contributed by atoms with van der Waals surface area (Å²) in [4.78, 5) is 36.4. The SMILES string of the molecule is CCOC(=O)CN1C(=O)NC2(CCCCC2)C1=O. The van der Waals surface area contributed by atoms with Crippen LogP contribution < -0.4 is 5.32 Å². The molecule has 3 amide bonds. The third-order valence-electron chi connectivity index (χ3n) is 3.55.